The predicted octanol–water partition coefficient (Wildman–Crippen LogP) is 0.929. The van der Waals surface area contributed by atoms with Gasteiger partial charge < -0.3 is 10.6 Å². The molecule has 0 radical (unpaired) electrons. The Hall–Kier alpha value is -1.95. The highest BCUT2D eigenvalue weighted by Gasteiger charge is 2.26. The van der Waals surface area contributed by atoms with E-state index in [0.717, 1.165) is 31.4 Å². The number of piperidine rings is 1. The Bertz CT molecular complexity index is 613. The first-order chi connectivity index (χ1) is 9.66. The number of aromatic nitrogens is 3. The molecule has 6 nitrogen and oxygen atoms in total. The molecule has 3 heterocycles. The largest absolute Gasteiger partial charge is 0.339 e. The van der Waals surface area contributed by atoms with E-state index in [1.54, 1.807) is 29.3 Å². The van der Waals surface area contributed by atoms with Gasteiger partial charge in [-0.2, -0.15) is 5.10 Å². The predicted molar refractivity (Wildman–Crippen MR) is 75.3 cm³/mol. The van der Waals surface area contributed by atoms with Gasteiger partial charge in [-0.1, -0.05) is 0 Å². The molecule has 106 valence electrons. The lowest BCUT2D eigenvalue weighted by Crippen LogP contribution is -2.42. The van der Waals surface area contributed by atoms with E-state index in [1.165, 1.54) is 0 Å². The van der Waals surface area contributed by atoms with Crippen LogP contribution in [0.25, 0.3) is 5.52 Å². The van der Waals surface area contributed by atoms with Crippen LogP contribution in [0.1, 0.15) is 30.1 Å². The fraction of sp³-hybridized carbons (Fsp3) is 0.500. The van der Waals surface area contributed by atoms with E-state index in [2.05, 4.69) is 10.1 Å². The maximum absolute atomic E-state index is 12.6. The molecule has 0 bridgehead atoms. The third-order valence-electron chi connectivity index (χ3n) is 4.13. The van der Waals surface area contributed by atoms with Crippen LogP contribution in [0, 0.1) is 5.92 Å². The van der Waals surface area contributed by atoms with Gasteiger partial charge in [-0.3, -0.25) is 9.78 Å². The van der Waals surface area contributed by atoms with Crippen molar-refractivity contribution in [1.29, 1.82) is 0 Å². The van der Waals surface area contributed by atoms with Crippen molar-refractivity contribution < 1.29 is 4.79 Å². The second kappa shape index (κ2) is 5.20. The van der Waals surface area contributed by atoms with Gasteiger partial charge in [-0.05, 0) is 25.7 Å². The van der Waals surface area contributed by atoms with Crippen LogP contribution in [0.3, 0.4) is 0 Å². The van der Waals surface area contributed by atoms with Gasteiger partial charge in [0.2, 0.25) is 0 Å². The summed E-state index contributed by atoms with van der Waals surface area (Å²) >= 11 is 0. The molecule has 2 N–H and O–H groups in total. The first-order valence-corrected chi connectivity index (χ1v) is 6.99. The monoisotopic (exact) mass is 273 g/mol. The Morgan fingerprint density at radius 2 is 2.15 bits per heavy atom. The number of likely N-dealkylation sites (tertiary alicyclic amines) is 1. The van der Waals surface area contributed by atoms with Gasteiger partial charge in [0.1, 0.15) is 0 Å². The van der Waals surface area contributed by atoms with E-state index < -0.39 is 0 Å². The zero-order valence-electron chi connectivity index (χ0n) is 11.6. The number of hydrogen-bond acceptors (Lipinski definition) is 4. The summed E-state index contributed by atoms with van der Waals surface area (Å²) in [6, 6.07) is 0.202. The van der Waals surface area contributed by atoms with E-state index in [9.17, 15) is 4.79 Å². The number of rotatable bonds is 2. The highest BCUT2D eigenvalue weighted by atomic mass is 16.2. The van der Waals surface area contributed by atoms with Crippen LogP contribution in [0.5, 0.6) is 0 Å². The molecule has 1 atom stereocenters. The molecule has 1 aliphatic heterocycles. The molecule has 2 aromatic rings. The minimum Gasteiger partial charge on any atom is -0.339 e. The summed E-state index contributed by atoms with van der Waals surface area (Å²) in [5, 5.41) is 4.19. The van der Waals surface area contributed by atoms with Crippen LogP contribution in [0.15, 0.2) is 24.8 Å². The van der Waals surface area contributed by atoms with Gasteiger partial charge >= 0.3 is 0 Å². The Morgan fingerprint density at radius 3 is 2.85 bits per heavy atom. The fourth-order valence-corrected chi connectivity index (χ4v) is 2.80. The van der Waals surface area contributed by atoms with Crippen LogP contribution >= 0.6 is 0 Å². The molecule has 1 fully saturated rings. The molecule has 0 saturated carbocycles. The lowest BCUT2D eigenvalue weighted by molar-refractivity contribution is 0.0683. The van der Waals surface area contributed by atoms with Crippen molar-refractivity contribution in [3.05, 3.63) is 30.4 Å². The summed E-state index contributed by atoms with van der Waals surface area (Å²) in [5.41, 5.74) is 7.31. The molecule has 6 heteroatoms. The average molecular weight is 273 g/mol. The third kappa shape index (κ3) is 2.27. The van der Waals surface area contributed by atoms with Crippen molar-refractivity contribution in [3.63, 3.8) is 0 Å². The van der Waals surface area contributed by atoms with Gasteiger partial charge in [0, 0.05) is 31.5 Å². The molecule has 1 amide bonds. The molecule has 2 aromatic heterocycles. The van der Waals surface area contributed by atoms with Crippen LogP contribution in [-0.2, 0) is 0 Å². The zero-order valence-corrected chi connectivity index (χ0v) is 11.6. The minimum absolute atomic E-state index is 0.0381. The second-order valence-electron chi connectivity index (χ2n) is 5.45. The van der Waals surface area contributed by atoms with Crippen molar-refractivity contribution in [2.24, 2.45) is 11.7 Å². The number of amides is 1. The SMILES string of the molecule is CC(N)C1CCN(C(=O)c2cnn3ccncc23)CC1. The van der Waals surface area contributed by atoms with E-state index in [4.69, 9.17) is 5.73 Å². The van der Waals surface area contributed by atoms with Crippen LogP contribution in [0.4, 0.5) is 0 Å². The number of nitrogens with zero attached hydrogens (tertiary/aromatic N) is 4. The summed E-state index contributed by atoms with van der Waals surface area (Å²) in [7, 11) is 0. The Kier molecular flexibility index (Phi) is 3.40. The summed E-state index contributed by atoms with van der Waals surface area (Å²) < 4.78 is 1.68. The van der Waals surface area contributed by atoms with E-state index in [-0.39, 0.29) is 11.9 Å². The number of carbonyl (C=O) groups is 1. The Morgan fingerprint density at radius 1 is 1.40 bits per heavy atom. The lowest BCUT2D eigenvalue weighted by Gasteiger charge is -2.33. The molecule has 1 unspecified atom stereocenters. The van der Waals surface area contributed by atoms with Crippen molar-refractivity contribution in [2.75, 3.05) is 13.1 Å². The minimum atomic E-state index is 0.0381. The van der Waals surface area contributed by atoms with Gasteiger partial charge in [0.25, 0.3) is 5.91 Å². The van der Waals surface area contributed by atoms with Crippen molar-refractivity contribution >= 4 is 11.4 Å². The van der Waals surface area contributed by atoms with Gasteiger partial charge in [-0.15, -0.1) is 0 Å². The zero-order chi connectivity index (χ0) is 14.1. The first kappa shape index (κ1) is 13.1. The fourth-order valence-electron chi connectivity index (χ4n) is 2.80. The smallest absolute Gasteiger partial charge is 0.257 e. The normalized spacial score (nSPS) is 18.4. The second-order valence-corrected chi connectivity index (χ2v) is 5.45. The molecule has 0 aromatic carbocycles. The third-order valence-corrected chi connectivity index (χ3v) is 4.13. The molecule has 3 rings (SSSR count). The maximum Gasteiger partial charge on any atom is 0.257 e. The lowest BCUT2D eigenvalue weighted by atomic mass is 9.91. The summed E-state index contributed by atoms with van der Waals surface area (Å²) in [4.78, 5) is 18.5. The number of nitrogens with two attached hydrogens (primary N) is 1. The van der Waals surface area contributed by atoms with E-state index >= 15 is 0 Å². The molecule has 1 saturated heterocycles. The molecule has 0 spiro atoms. The average Bonchev–Trinajstić information content (AvgIpc) is 2.90. The Labute approximate surface area is 117 Å². The Balaban J connectivity index is 1.77. The maximum atomic E-state index is 12.6. The van der Waals surface area contributed by atoms with Crippen molar-refractivity contribution in [1.82, 2.24) is 19.5 Å². The summed E-state index contributed by atoms with van der Waals surface area (Å²) in [6.45, 7) is 3.57. The quantitative estimate of drug-likeness (QED) is 0.883. The standard InChI is InChI=1S/C14H19N5O/c1-10(15)11-2-5-18(6-3-11)14(20)12-8-17-19-7-4-16-9-13(12)19/h4,7-11H,2-3,5-6,15H2,1H3. The highest BCUT2D eigenvalue weighted by Crippen LogP contribution is 2.22. The number of hydrogen-bond donors (Lipinski definition) is 1. The van der Waals surface area contributed by atoms with Crippen LogP contribution in [-0.4, -0.2) is 44.5 Å². The van der Waals surface area contributed by atoms with Gasteiger partial charge in [0.15, 0.2) is 0 Å². The topological polar surface area (TPSA) is 76.5 Å². The van der Waals surface area contributed by atoms with E-state index in [1.807, 2.05) is 11.8 Å². The van der Waals surface area contributed by atoms with Crippen molar-refractivity contribution in [3.8, 4) is 0 Å². The molecule has 0 aliphatic carbocycles. The van der Waals surface area contributed by atoms with Crippen LogP contribution in [0.2, 0.25) is 0 Å². The van der Waals surface area contributed by atoms with Crippen LogP contribution < -0.4 is 5.73 Å². The highest BCUT2D eigenvalue weighted by molar-refractivity contribution is 6.00. The molecular formula is C14H19N5O. The van der Waals surface area contributed by atoms with E-state index in [0.29, 0.717) is 11.5 Å². The molecule has 20 heavy (non-hydrogen) atoms. The van der Waals surface area contributed by atoms with Gasteiger partial charge in [-0.25, -0.2) is 4.52 Å². The van der Waals surface area contributed by atoms with Crippen molar-refractivity contribution in [2.45, 2.75) is 25.8 Å². The van der Waals surface area contributed by atoms with Gasteiger partial charge in [0.05, 0.1) is 23.5 Å². The number of fused-ring (bicyclic) bond motifs is 1. The first-order valence-electron chi connectivity index (χ1n) is 6.99. The molecular weight excluding hydrogens is 254 g/mol. The molecule has 1 aliphatic rings. The summed E-state index contributed by atoms with van der Waals surface area (Å²) in [6.07, 6.45) is 8.64. The number of carbonyl (C=O) groups excluding carboxylic acids is 1. The summed E-state index contributed by atoms with van der Waals surface area (Å²) in [5.74, 6) is 0.556.